The van der Waals surface area contributed by atoms with Crippen molar-refractivity contribution in [2.24, 2.45) is 0 Å². The number of rotatable bonds is 4. The monoisotopic (exact) mass is 224 g/mol. The molecule has 0 spiro atoms. The fourth-order valence-corrected chi connectivity index (χ4v) is 1.60. The number of pyridine rings is 1. The van der Waals surface area contributed by atoms with Crippen LogP contribution in [0.5, 0.6) is 17.2 Å². The summed E-state index contributed by atoms with van der Waals surface area (Å²) >= 11 is 0. The molecule has 0 saturated carbocycles. The first kappa shape index (κ1) is 11.0. The van der Waals surface area contributed by atoms with Crippen molar-refractivity contribution in [1.29, 1.82) is 0 Å². The average molecular weight is 224 g/mol. The van der Waals surface area contributed by atoms with Gasteiger partial charge >= 0.3 is 0 Å². The first-order valence-electron chi connectivity index (χ1n) is 5.14. The number of methoxy groups -OCH3 is 2. The van der Waals surface area contributed by atoms with Crippen LogP contribution in [0.3, 0.4) is 0 Å². The maximum atomic E-state index is 5.93. The Balaban J connectivity index is 2.29. The van der Waals surface area contributed by atoms with Crippen LogP contribution in [-0.4, -0.2) is 37.9 Å². The minimum atomic E-state index is -0.193. The van der Waals surface area contributed by atoms with Crippen molar-refractivity contribution in [3.63, 3.8) is 0 Å². The highest BCUT2D eigenvalue weighted by Gasteiger charge is 2.35. The molecule has 1 aromatic rings. The first-order valence-corrected chi connectivity index (χ1v) is 5.14. The van der Waals surface area contributed by atoms with Crippen LogP contribution in [0.1, 0.15) is 6.92 Å². The van der Waals surface area contributed by atoms with Crippen LogP contribution in [0.2, 0.25) is 0 Å². The molecule has 16 heavy (non-hydrogen) atoms. The Labute approximate surface area is 94.7 Å². The molecule has 1 N–H and O–H groups in total. The van der Waals surface area contributed by atoms with Gasteiger partial charge in [0.1, 0.15) is 5.60 Å². The first-order chi connectivity index (χ1) is 7.68. The second-order valence-electron chi connectivity index (χ2n) is 4.03. The molecule has 0 aliphatic carbocycles. The quantitative estimate of drug-likeness (QED) is 0.821. The molecule has 2 rings (SSSR count). The smallest absolute Gasteiger partial charge is 0.207 e. The van der Waals surface area contributed by atoms with E-state index in [2.05, 4.69) is 10.3 Å². The van der Waals surface area contributed by atoms with E-state index in [0.717, 1.165) is 13.1 Å². The molecule has 0 amide bonds. The van der Waals surface area contributed by atoms with Crippen LogP contribution in [0.15, 0.2) is 12.4 Å². The Bertz CT molecular complexity index is 355. The third-order valence-electron chi connectivity index (χ3n) is 2.62. The molecule has 1 aromatic heterocycles. The Morgan fingerprint density at radius 3 is 2.12 bits per heavy atom. The fourth-order valence-electron chi connectivity index (χ4n) is 1.60. The number of ether oxygens (including phenoxy) is 3. The van der Waals surface area contributed by atoms with E-state index in [1.165, 1.54) is 0 Å². The van der Waals surface area contributed by atoms with Crippen LogP contribution in [-0.2, 0) is 0 Å². The zero-order valence-corrected chi connectivity index (χ0v) is 9.74. The molecule has 88 valence electrons. The highest BCUT2D eigenvalue weighted by Crippen LogP contribution is 2.38. The maximum Gasteiger partial charge on any atom is 0.207 e. The standard InChI is InChI=1S/C11H16N2O3/c1-11(6-13-7-11)16-10-8(14-2)4-12-5-9(10)15-3/h4-5,13H,6-7H2,1-3H3. The van der Waals surface area contributed by atoms with Gasteiger partial charge < -0.3 is 19.5 Å². The lowest BCUT2D eigenvalue weighted by Crippen LogP contribution is -2.61. The minimum absolute atomic E-state index is 0.193. The molecule has 0 atom stereocenters. The lowest BCUT2D eigenvalue weighted by molar-refractivity contribution is 0.0296. The summed E-state index contributed by atoms with van der Waals surface area (Å²) < 4.78 is 16.4. The second kappa shape index (κ2) is 4.17. The van der Waals surface area contributed by atoms with Gasteiger partial charge in [-0.3, -0.25) is 4.98 Å². The van der Waals surface area contributed by atoms with E-state index < -0.39 is 0 Å². The van der Waals surface area contributed by atoms with Gasteiger partial charge in [0.15, 0.2) is 11.5 Å². The van der Waals surface area contributed by atoms with Crippen molar-refractivity contribution in [3.8, 4) is 17.2 Å². The summed E-state index contributed by atoms with van der Waals surface area (Å²) in [6.07, 6.45) is 3.24. The van der Waals surface area contributed by atoms with Crippen LogP contribution < -0.4 is 19.5 Å². The Morgan fingerprint density at radius 2 is 1.75 bits per heavy atom. The molecule has 0 bridgehead atoms. The molecule has 1 saturated heterocycles. The summed E-state index contributed by atoms with van der Waals surface area (Å²) in [7, 11) is 3.18. The van der Waals surface area contributed by atoms with E-state index in [1.807, 2.05) is 6.92 Å². The normalized spacial score (nSPS) is 17.4. The third-order valence-corrected chi connectivity index (χ3v) is 2.62. The second-order valence-corrected chi connectivity index (χ2v) is 4.03. The Morgan fingerprint density at radius 1 is 1.19 bits per heavy atom. The molecule has 2 heterocycles. The molecule has 0 unspecified atom stereocenters. The molecule has 5 heteroatoms. The summed E-state index contributed by atoms with van der Waals surface area (Å²) in [5.41, 5.74) is -0.193. The maximum absolute atomic E-state index is 5.93. The molecular formula is C11H16N2O3. The summed E-state index contributed by atoms with van der Waals surface area (Å²) in [6, 6.07) is 0. The highest BCUT2D eigenvalue weighted by molar-refractivity contribution is 5.49. The average Bonchev–Trinajstić information content (AvgIpc) is 2.27. The Kier molecular flexibility index (Phi) is 2.87. The lowest BCUT2D eigenvalue weighted by Gasteiger charge is -2.39. The van der Waals surface area contributed by atoms with Crippen LogP contribution in [0.25, 0.3) is 0 Å². The number of nitrogens with one attached hydrogen (secondary N) is 1. The van der Waals surface area contributed by atoms with Crippen molar-refractivity contribution in [2.45, 2.75) is 12.5 Å². The van der Waals surface area contributed by atoms with Crippen LogP contribution >= 0.6 is 0 Å². The van der Waals surface area contributed by atoms with Crippen LogP contribution in [0.4, 0.5) is 0 Å². The van der Waals surface area contributed by atoms with Crippen LogP contribution in [0, 0.1) is 0 Å². The van der Waals surface area contributed by atoms with E-state index in [-0.39, 0.29) is 5.60 Å². The number of hydrogen-bond donors (Lipinski definition) is 1. The van der Waals surface area contributed by atoms with E-state index in [0.29, 0.717) is 17.2 Å². The van der Waals surface area contributed by atoms with Gasteiger partial charge in [-0.2, -0.15) is 0 Å². The van der Waals surface area contributed by atoms with Gasteiger partial charge in [0.2, 0.25) is 5.75 Å². The molecule has 1 aliphatic heterocycles. The molecular weight excluding hydrogens is 208 g/mol. The molecule has 5 nitrogen and oxygen atoms in total. The summed E-state index contributed by atoms with van der Waals surface area (Å²) in [5, 5.41) is 3.17. The minimum Gasteiger partial charge on any atom is -0.491 e. The van der Waals surface area contributed by atoms with Gasteiger partial charge in [0, 0.05) is 13.1 Å². The zero-order valence-electron chi connectivity index (χ0n) is 9.74. The van der Waals surface area contributed by atoms with E-state index in [1.54, 1.807) is 26.6 Å². The fraction of sp³-hybridized carbons (Fsp3) is 0.545. The number of nitrogens with zero attached hydrogens (tertiary/aromatic N) is 1. The SMILES string of the molecule is COc1cncc(OC)c1OC1(C)CNC1. The Hall–Kier alpha value is -1.49. The summed E-state index contributed by atoms with van der Waals surface area (Å²) in [6.45, 7) is 3.69. The van der Waals surface area contributed by atoms with Gasteiger partial charge in [-0.05, 0) is 6.92 Å². The van der Waals surface area contributed by atoms with Crippen molar-refractivity contribution < 1.29 is 14.2 Å². The van der Waals surface area contributed by atoms with Gasteiger partial charge in [0.05, 0.1) is 26.6 Å². The molecule has 1 aliphatic rings. The summed E-state index contributed by atoms with van der Waals surface area (Å²) in [5.74, 6) is 1.80. The zero-order chi connectivity index (χ0) is 11.6. The van der Waals surface area contributed by atoms with Crippen molar-refractivity contribution in [3.05, 3.63) is 12.4 Å². The van der Waals surface area contributed by atoms with E-state index >= 15 is 0 Å². The van der Waals surface area contributed by atoms with E-state index in [9.17, 15) is 0 Å². The number of hydrogen-bond acceptors (Lipinski definition) is 5. The van der Waals surface area contributed by atoms with Gasteiger partial charge in [-0.15, -0.1) is 0 Å². The predicted octanol–water partition coefficient (Wildman–Crippen LogP) is 0.839. The number of aromatic nitrogens is 1. The van der Waals surface area contributed by atoms with Gasteiger partial charge in [0.25, 0.3) is 0 Å². The lowest BCUT2D eigenvalue weighted by atomic mass is 10.00. The predicted molar refractivity (Wildman–Crippen MR) is 59.2 cm³/mol. The van der Waals surface area contributed by atoms with Crippen molar-refractivity contribution in [1.82, 2.24) is 10.3 Å². The third kappa shape index (κ3) is 1.90. The molecule has 0 aromatic carbocycles. The van der Waals surface area contributed by atoms with Crippen molar-refractivity contribution >= 4 is 0 Å². The van der Waals surface area contributed by atoms with Gasteiger partial charge in [-0.25, -0.2) is 0 Å². The van der Waals surface area contributed by atoms with Gasteiger partial charge in [-0.1, -0.05) is 0 Å². The topological polar surface area (TPSA) is 52.6 Å². The van der Waals surface area contributed by atoms with E-state index in [4.69, 9.17) is 14.2 Å². The van der Waals surface area contributed by atoms with Crippen molar-refractivity contribution in [2.75, 3.05) is 27.3 Å². The summed E-state index contributed by atoms with van der Waals surface area (Å²) in [4.78, 5) is 4.02. The largest absolute Gasteiger partial charge is 0.491 e. The molecule has 1 fully saturated rings. The highest BCUT2D eigenvalue weighted by atomic mass is 16.6. The molecule has 0 radical (unpaired) electrons.